The van der Waals surface area contributed by atoms with Crippen LogP contribution in [-0.4, -0.2) is 16.5 Å². The maximum absolute atomic E-state index is 4.32. The Morgan fingerprint density at radius 2 is 2.36 bits per heavy atom. The van der Waals surface area contributed by atoms with Crippen LogP contribution in [0.3, 0.4) is 0 Å². The fourth-order valence-electron chi connectivity index (χ4n) is 1.18. The summed E-state index contributed by atoms with van der Waals surface area (Å²) in [4.78, 5) is 3.79. The summed E-state index contributed by atoms with van der Waals surface area (Å²) in [7, 11) is 1.90. The van der Waals surface area contributed by atoms with Crippen molar-refractivity contribution in [2.45, 2.75) is 13.8 Å². The van der Waals surface area contributed by atoms with Crippen LogP contribution in [0.2, 0.25) is 0 Å². The lowest BCUT2D eigenvalue weighted by Gasteiger charge is -2.02. The largest absolute Gasteiger partial charge is 0.275 e. The fourth-order valence-corrected chi connectivity index (χ4v) is 1.18. The van der Waals surface area contributed by atoms with E-state index >= 15 is 0 Å². The third kappa shape index (κ3) is 2.19. The average Bonchev–Trinajstić information content (AvgIpc) is 2.60. The highest BCUT2D eigenvalue weighted by atomic mass is 15.2. The Morgan fingerprint density at radius 1 is 1.64 bits per heavy atom. The summed E-state index contributed by atoms with van der Waals surface area (Å²) in [5, 5.41) is 4.32. The second kappa shape index (κ2) is 4.56. The molecule has 3 heteroatoms. The molecule has 0 fully saturated rings. The first-order valence-corrected chi connectivity index (χ1v) is 4.48. The third-order valence-corrected chi connectivity index (χ3v) is 2.07. The average molecular weight is 189 g/mol. The normalized spacial score (nSPS) is 13.1. The first kappa shape index (κ1) is 10.4. The number of allylic oxidation sites excluding steroid dienone is 3. The van der Waals surface area contributed by atoms with E-state index in [2.05, 4.69) is 16.8 Å². The highest BCUT2D eigenvalue weighted by Crippen LogP contribution is 2.20. The molecule has 0 aliphatic carbocycles. The molecule has 0 radical (unpaired) electrons. The van der Waals surface area contributed by atoms with Gasteiger partial charge in [-0.2, -0.15) is 5.10 Å². The zero-order valence-electron chi connectivity index (χ0n) is 8.86. The van der Waals surface area contributed by atoms with Crippen LogP contribution in [0.15, 0.2) is 35.1 Å². The second-order valence-electron chi connectivity index (χ2n) is 3.07. The van der Waals surface area contributed by atoms with Gasteiger partial charge >= 0.3 is 0 Å². The summed E-state index contributed by atoms with van der Waals surface area (Å²) >= 11 is 0. The molecule has 1 rings (SSSR count). The zero-order valence-corrected chi connectivity index (χ0v) is 8.86. The minimum absolute atomic E-state index is 0.926. The van der Waals surface area contributed by atoms with Crippen LogP contribution in [0, 0.1) is 0 Å². The van der Waals surface area contributed by atoms with Crippen LogP contribution in [0.1, 0.15) is 19.5 Å². The van der Waals surface area contributed by atoms with E-state index in [0.29, 0.717) is 0 Å². The number of aliphatic imine (C=N–C) groups is 1. The second-order valence-corrected chi connectivity index (χ2v) is 3.07. The van der Waals surface area contributed by atoms with Crippen molar-refractivity contribution in [3.8, 4) is 0 Å². The Bertz CT molecular complexity index is 383. The van der Waals surface area contributed by atoms with Gasteiger partial charge in [0, 0.05) is 25.0 Å². The van der Waals surface area contributed by atoms with E-state index in [4.69, 9.17) is 0 Å². The summed E-state index contributed by atoms with van der Waals surface area (Å²) in [6, 6.07) is 1.96. The molecule has 0 unspecified atom stereocenters. The Hall–Kier alpha value is -1.64. The van der Waals surface area contributed by atoms with E-state index in [9.17, 15) is 0 Å². The first-order chi connectivity index (χ1) is 6.69. The fraction of sp³-hybridized carbons (Fsp3) is 0.273. The van der Waals surface area contributed by atoms with Gasteiger partial charge in [-0.1, -0.05) is 6.08 Å². The Kier molecular flexibility index (Phi) is 3.40. The molecule has 1 aromatic rings. The first-order valence-electron chi connectivity index (χ1n) is 4.48. The van der Waals surface area contributed by atoms with E-state index < -0.39 is 0 Å². The Morgan fingerprint density at radius 3 is 2.79 bits per heavy atom. The molecule has 3 nitrogen and oxygen atoms in total. The number of hydrogen-bond acceptors (Lipinski definition) is 2. The lowest BCUT2D eigenvalue weighted by molar-refractivity contribution is 0.763. The lowest BCUT2D eigenvalue weighted by atomic mass is 10.1. The molecule has 0 saturated heterocycles. The number of nitrogens with zero attached hydrogens (tertiary/aromatic N) is 3. The predicted molar refractivity (Wildman–Crippen MR) is 60.2 cm³/mol. The number of aryl methyl sites for hydroxylation is 1. The number of aromatic nitrogens is 2. The molecule has 1 heterocycles. The third-order valence-electron chi connectivity index (χ3n) is 2.07. The molecule has 0 N–H and O–H groups in total. The molecule has 14 heavy (non-hydrogen) atoms. The molecule has 0 spiro atoms. The van der Waals surface area contributed by atoms with Gasteiger partial charge < -0.3 is 0 Å². The van der Waals surface area contributed by atoms with Gasteiger partial charge in [0.15, 0.2) is 0 Å². The molecule has 0 amide bonds. The van der Waals surface area contributed by atoms with Crippen molar-refractivity contribution >= 4 is 12.3 Å². The molecule has 0 bridgehead atoms. The standard InChI is InChI=1S/C11H15N3/c1-5-9(2)10(8-12-3)11-6-7-14(4)13-11/h5-8H,3H2,1-2,4H3/b9-5-,10-8+. The summed E-state index contributed by atoms with van der Waals surface area (Å²) < 4.78 is 1.77. The van der Waals surface area contributed by atoms with Crippen LogP contribution in [0.4, 0.5) is 0 Å². The monoisotopic (exact) mass is 189 g/mol. The molecule has 74 valence electrons. The summed E-state index contributed by atoms with van der Waals surface area (Å²) in [5.74, 6) is 0. The van der Waals surface area contributed by atoms with Gasteiger partial charge in [-0.15, -0.1) is 0 Å². The molecule has 0 atom stereocenters. The van der Waals surface area contributed by atoms with Crippen molar-refractivity contribution in [2.24, 2.45) is 12.0 Å². The lowest BCUT2D eigenvalue weighted by Crippen LogP contribution is -1.92. The van der Waals surface area contributed by atoms with Crippen molar-refractivity contribution in [1.82, 2.24) is 9.78 Å². The van der Waals surface area contributed by atoms with Crippen LogP contribution in [0.5, 0.6) is 0 Å². The maximum atomic E-state index is 4.32. The van der Waals surface area contributed by atoms with Crippen LogP contribution < -0.4 is 0 Å². The van der Waals surface area contributed by atoms with Gasteiger partial charge in [0.2, 0.25) is 0 Å². The van der Waals surface area contributed by atoms with E-state index in [1.165, 1.54) is 0 Å². The van der Waals surface area contributed by atoms with Gasteiger partial charge in [-0.05, 0) is 32.2 Å². The van der Waals surface area contributed by atoms with Gasteiger partial charge in [0.25, 0.3) is 0 Å². The van der Waals surface area contributed by atoms with Crippen LogP contribution >= 0.6 is 0 Å². The minimum atomic E-state index is 0.926. The minimum Gasteiger partial charge on any atom is -0.275 e. The quantitative estimate of drug-likeness (QED) is 0.530. The van der Waals surface area contributed by atoms with Gasteiger partial charge in [0.05, 0.1) is 5.69 Å². The highest BCUT2D eigenvalue weighted by Gasteiger charge is 2.05. The van der Waals surface area contributed by atoms with Crippen LogP contribution in [-0.2, 0) is 7.05 Å². The van der Waals surface area contributed by atoms with E-state index in [-0.39, 0.29) is 0 Å². The zero-order chi connectivity index (χ0) is 10.6. The molecule has 0 aliphatic heterocycles. The topological polar surface area (TPSA) is 30.2 Å². The van der Waals surface area contributed by atoms with Crippen molar-refractivity contribution in [1.29, 1.82) is 0 Å². The van der Waals surface area contributed by atoms with Crippen molar-refractivity contribution in [3.05, 3.63) is 35.8 Å². The molecule has 0 saturated carbocycles. The number of hydrogen-bond donors (Lipinski definition) is 0. The summed E-state index contributed by atoms with van der Waals surface area (Å²) in [5.41, 5.74) is 3.09. The Balaban J connectivity index is 3.13. The predicted octanol–water partition coefficient (Wildman–Crippen LogP) is 2.43. The van der Waals surface area contributed by atoms with Gasteiger partial charge in [-0.25, -0.2) is 0 Å². The Labute approximate surface area is 84.5 Å². The van der Waals surface area contributed by atoms with Crippen molar-refractivity contribution < 1.29 is 0 Å². The maximum Gasteiger partial charge on any atom is 0.0941 e. The molecule has 1 aromatic heterocycles. The van der Waals surface area contributed by atoms with Crippen molar-refractivity contribution in [2.75, 3.05) is 0 Å². The highest BCUT2D eigenvalue weighted by molar-refractivity contribution is 5.76. The molecular formula is C11H15N3. The van der Waals surface area contributed by atoms with Gasteiger partial charge in [-0.3, -0.25) is 9.67 Å². The molecular weight excluding hydrogens is 174 g/mol. The van der Waals surface area contributed by atoms with E-state index in [1.54, 1.807) is 10.9 Å². The van der Waals surface area contributed by atoms with Gasteiger partial charge in [0.1, 0.15) is 0 Å². The molecule has 0 aromatic carbocycles. The SMILES string of the molecule is C=N/C=C(\C(C)=C/C)c1ccn(C)n1. The number of rotatable bonds is 3. The smallest absolute Gasteiger partial charge is 0.0941 e. The summed E-state index contributed by atoms with van der Waals surface area (Å²) in [6.07, 6.45) is 5.68. The molecule has 0 aliphatic rings. The van der Waals surface area contributed by atoms with E-state index in [0.717, 1.165) is 16.8 Å². The van der Waals surface area contributed by atoms with Crippen molar-refractivity contribution in [3.63, 3.8) is 0 Å². The van der Waals surface area contributed by atoms with Crippen LogP contribution in [0.25, 0.3) is 5.57 Å². The van der Waals surface area contributed by atoms with E-state index in [1.807, 2.05) is 39.2 Å². The summed E-state index contributed by atoms with van der Waals surface area (Å²) in [6.45, 7) is 7.49.